The summed E-state index contributed by atoms with van der Waals surface area (Å²) in [6.07, 6.45) is 8.38. The lowest BCUT2D eigenvalue weighted by molar-refractivity contribution is 0.0709. The van der Waals surface area contributed by atoms with Crippen molar-refractivity contribution in [3.63, 3.8) is 0 Å². The van der Waals surface area contributed by atoms with Gasteiger partial charge in [-0.2, -0.15) is 0 Å². The van der Waals surface area contributed by atoms with Crippen LogP contribution in [-0.2, 0) is 12.8 Å². The van der Waals surface area contributed by atoms with E-state index < -0.39 is 0 Å². The van der Waals surface area contributed by atoms with Crippen LogP contribution in [0, 0.1) is 5.41 Å². The van der Waals surface area contributed by atoms with Crippen molar-refractivity contribution >= 4 is 17.2 Å². The maximum Gasteiger partial charge on any atom is 0.264 e. The first-order valence-corrected chi connectivity index (χ1v) is 9.18. The fourth-order valence-electron chi connectivity index (χ4n) is 3.76. The first-order chi connectivity index (χ1) is 9.94. The van der Waals surface area contributed by atoms with Crippen molar-refractivity contribution in [3.8, 4) is 0 Å². The van der Waals surface area contributed by atoms with Crippen molar-refractivity contribution < 1.29 is 4.79 Å². The Balaban J connectivity index is 1.76. The minimum Gasteiger partial charge on any atom is -0.335 e. The lowest BCUT2D eigenvalue weighted by Gasteiger charge is -2.30. The summed E-state index contributed by atoms with van der Waals surface area (Å²) in [5.74, 6) is 0.293. The van der Waals surface area contributed by atoms with Crippen LogP contribution in [0.2, 0.25) is 0 Å². The van der Waals surface area contributed by atoms with Crippen molar-refractivity contribution in [2.75, 3.05) is 6.54 Å². The third kappa shape index (κ3) is 3.33. The van der Waals surface area contributed by atoms with E-state index in [-0.39, 0.29) is 0 Å². The van der Waals surface area contributed by atoms with Crippen LogP contribution < -0.4 is 0 Å². The van der Waals surface area contributed by atoms with E-state index in [1.54, 1.807) is 11.3 Å². The van der Waals surface area contributed by atoms with Crippen LogP contribution in [0.4, 0.5) is 0 Å². The zero-order chi connectivity index (χ0) is 15.0. The number of amides is 1. The Morgan fingerprint density at radius 2 is 2.05 bits per heavy atom. The summed E-state index contributed by atoms with van der Waals surface area (Å²) >= 11 is 1.76. The normalized spacial score (nSPS) is 22.4. The van der Waals surface area contributed by atoms with E-state index in [2.05, 4.69) is 31.7 Å². The van der Waals surface area contributed by atoms with Crippen molar-refractivity contribution in [1.29, 1.82) is 0 Å². The first kappa shape index (κ1) is 15.1. The van der Waals surface area contributed by atoms with Gasteiger partial charge >= 0.3 is 0 Å². The van der Waals surface area contributed by atoms with Crippen LogP contribution in [0.25, 0.3) is 0 Å². The van der Waals surface area contributed by atoms with Crippen LogP contribution in [0.1, 0.15) is 73.0 Å². The zero-order valence-electron chi connectivity index (χ0n) is 13.6. The molecule has 0 N–H and O–H groups in total. The maximum absolute atomic E-state index is 12.9. The highest BCUT2D eigenvalue weighted by molar-refractivity contribution is 7.14. The molecule has 1 aliphatic carbocycles. The third-order valence-electron chi connectivity index (χ3n) is 4.69. The lowest BCUT2D eigenvalue weighted by atomic mass is 9.87. The van der Waals surface area contributed by atoms with E-state index in [0.29, 0.717) is 17.4 Å². The molecule has 0 saturated carbocycles. The van der Waals surface area contributed by atoms with Gasteiger partial charge in [0.25, 0.3) is 5.91 Å². The molecule has 1 unspecified atom stereocenters. The molecule has 1 fully saturated rings. The van der Waals surface area contributed by atoms with E-state index in [1.807, 2.05) is 0 Å². The molecule has 3 rings (SSSR count). The highest BCUT2D eigenvalue weighted by Gasteiger charge is 2.33. The second-order valence-corrected chi connectivity index (χ2v) is 8.96. The molecule has 21 heavy (non-hydrogen) atoms. The number of hydrogen-bond donors (Lipinski definition) is 0. The van der Waals surface area contributed by atoms with Gasteiger partial charge in [0.05, 0.1) is 4.88 Å². The van der Waals surface area contributed by atoms with Crippen molar-refractivity contribution in [1.82, 2.24) is 4.90 Å². The molecule has 0 spiro atoms. The minimum atomic E-state index is 0.293. The number of hydrogen-bond acceptors (Lipinski definition) is 2. The molecule has 0 radical (unpaired) electrons. The smallest absolute Gasteiger partial charge is 0.264 e. The Morgan fingerprint density at radius 1 is 1.29 bits per heavy atom. The summed E-state index contributed by atoms with van der Waals surface area (Å²) in [5.41, 5.74) is 1.74. The molecular formula is C18H27NOS. The predicted octanol–water partition coefficient (Wildman–Crippen LogP) is 4.67. The van der Waals surface area contributed by atoms with Crippen LogP contribution in [0.3, 0.4) is 0 Å². The van der Waals surface area contributed by atoms with E-state index in [9.17, 15) is 4.79 Å². The number of carbonyl (C=O) groups is 1. The van der Waals surface area contributed by atoms with E-state index in [4.69, 9.17) is 0 Å². The Morgan fingerprint density at radius 3 is 2.76 bits per heavy atom. The standard InChI is InChI=1S/C18H27NOS/c1-18(2,3)12-14-8-6-10-19(14)17(20)16-11-13-7-4-5-9-15(13)21-16/h11,14H,4-10,12H2,1-3H3. The van der Waals surface area contributed by atoms with Crippen molar-refractivity contribution in [2.24, 2.45) is 5.41 Å². The Hall–Kier alpha value is -0.830. The maximum atomic E-state index is 12.9. The predicted molar refractivity (Wildman–Crippen MR) is 89.1 cm³/mol. The summed E-state index contributed by atoms with van der Waals surface area (Å²) in [5, 5.41) is 0. The number of likely N-dealkylation sites (tertiary alicyclic amines) is 1. The average molecular weight is 305 g/mol. The van der Waals surface area contributed by atoms with Crippen molar-refractivity contribution in [2.45, 2.75) is 71.8 Å². The summed E-state index contributed by atoms with van der Waals surface area (Å²) in [7, 11) is 0. The summed E-state index contributed by atoms with van der Waals surface area (Å²) in [6.45, 7) is 7.77. The monoisotopic (exact) mass is 305 g/mol. The highest BCUT2D eigenvalue weighted by Crippen LogP contribution is 2.34. The number of aryl methyl sites for hydroxylation is 2. The van der Waals surface area contributed by atoms with Crippen molar-refractivity contribution in [3.05, 3.63) is 21.4 Å². The Kier molecular flexibility index (Phi) is 4.13. The molecule has 1 saturated heterocycles. The van der Waals surface area contributed by atoms with Gasteiger partial charge in [-0.25, -0.2) is 0 Å². The molecule has 2 aliphatic rings. The second-order valence-electron chi connectivity index (χ2n) is 7.83. The molecule has 1 aromatic heterocycles. The molecule has 2 nitrogen and oxygen atoms in total. The average Bonchev–Trinajstić information content (AvgIpc) is 3.01. The van der Waals surface area contributed by atoms with Gasteiger partial charge in [0.1, 0.15) is 0 Å². The molecule has 1 aliphatic heterocycles. The van der Waals surface area contributed by atoms with E-state index in [1.165, 1.54) is 42.5 Å². The molecule has 2 heterocycles. The molecule has 0 bridgehead atoms. The van der Waals surface area contributed by atoms with Gasteiger partial charge in [-0.05, 0) is 62.0 Å². The molecule has 1 aromatic rings. The molecular weight excluding hydrogens is 278 g/mol. The minimum absolute atomic E-state index is 0.293. The zero-order valence-corrected chi connectivity index (χ0v) is 14.4. The number of thiophene rings is 1. The fourth-order valence-corrected chi connectivity index (χ4v) is 4.97. The highest BCUT2D eigenvalue weighted by atomic mass is 32.1. The topological polar surface area (TPSA) is 20.3 Å². The van der Waals surface area contributed by atoms with Crippen LogP contribution >= 0.6 is 11.3 Å². The molecule has 0 aromatic carbocycles. The van der Waals surface area contributed by atoms with Gasteiger partial charge in [-0.15, -0.1) is 11.3 Å². The molecule has 116 valence electrons. The summed E-state index contributed by atoms with van der Waals surface area (Å²) < 4.78 is 0. The van der Waals surface area contributed by atoms with Gasteiger partial charge in [-0.1, -0.05) is 20.8 Å². The quantitative estimate of drug-likeness (QED) is 0.777. The van der Waals surface area contributed by atoms with Gasteiger partial charge in [0.15, 0.2) is 0 Å². The largest absolute Gasteiger partial charge is 0.335 e. The molecule has 1 atom stereocenters. The fraction of sp³-hybridized carbons (Fsp3) is 0.722. The third-order valence-corrected chi connectivity index (χ3v) is 5.92. The Bertz CT molecular complexity index is 502. The van der Waals surface area contributed by atoms with Gasteiger partial charge < -0.3 is 4.90 Å². The molecule has 3 heteroatoms. The van der Waals surface area contributed by atoms with Crippen LogP contribution in [0.5, 0.6) is 0 Å². The van der Waals surface area contributed by atoms with Gasteiger partial charge in [-0.3, -0.25) is 4.79 Å². The number of fused-ring (bicyclic) bond motifs is 1. The van der Waals surface area contributed by atoms with Gasteiger partial charge in [0, 0.05) is 17.5 Å². The lowest BCUT2D eigenvalue weighted by Crippen LogP contribution is -2.37. The first-order valence-electron chi connectivity index (χ1n) is 8.36. The molecule has 1 amide bonds. The van der Waals surface area contributed by atoms with Gasteiger partial charge in [0.2, 0.25) is 0 Å². The number of nitrogens with zero attached hydrogens (tertiary/aromatic N) is 1. The van der Waals surface area contributed by atoms with E-state index >= 15 is 0 Å². The van der Waals surface area contributed by atoms with Crippen LogP contribution in [-0.4, -0.2) is 23.4 Å². The Labute approximate surface area is 132 Å². The number of rotatable bonds is 2. The van der Waals surface area contributed by atoms with E-state index in [0.717, 1.165) is 24.3 Å². The van der Waals surface area contributed by atoms with Crippen LogP contribution in [0.15, 0.2) is 6.07 Å². The summed E-state index contributed by atoms with van der Waals surface area (Å²) in [6, 6.07) is 2.63. The number of carbonyl (C=O) groups excluding carboxylic acids is 1. The second kappa shape index (κ2) is 5.75. The SMILES string of the molecule is CC(C)(C)CC1CCCN1C(=O)c1cc2c(s1)CCCC2. The summed E-state index contributed by atoms with van der Waals surface area (Å²) in [4.78, 5) is 17.5.